The summed E-state index contributed by atoms with van der Waals surface area (Å²) in [6, 6.07) is 22.2. The molecular formula is C23H20N2O6. The summed E-state index contributed by atoms with van der Waals surface area (Å²) in [6.07, 6.45) is -1.54. The van der Waals surface area contributed by atoms with Gasteiger partial charge in [-0.3, -0.25) is 10.6 Å². The van der Waals surface area contributed by atoms with Crippen LogP contribution in [0.4, 0.5) is 21.0 Å². The number of nitrogens with one attached hydrogen (secondary N) is 2. The van der Waals surface area contributed by atoms with Crippen molar-refractivity contribution in [2.75, 3.05) is 10.6 Å². The van der Waals surface area contributed by atoms with Gasteiger partial charge in [0.25, 0.3) is 0 Å². The summed E-state index contributed by atoms with van der Waals surface area (Å²) in [7, 11) is 0. The van der Waals surface area contributed by atoms with E-state index in [-0.39, 0.29) is 30.2 Å². The molecule has 0 spiro atoms. The van der Waals surface area contributed by atoms with Crippen molar-refractivity contribution in [3.05, 3.63) is 95.6 Å². The first kappa shape index (κ1) is 21.4. The highest BCUT2D eigenvalue weighted by molar-refractivity contribution is 6.00. The summed E-state index contributed by atoms with van der Waals surface area (Å²) in [4.78, 5) is 35.6. The molecule has 0 aliphatic heterocycles. The third kappa shape index (κ3) is 6.60. The van der Waals surface area contributed by atoms with Gasteiger partial charge in [-0.05, 0) is 29.3 Å². The molecule has 3 aromatic carbocycles. The monoisotopic (exact) mass is 420 g/mol. The lowest BCUT2D eigenvalue weighted by molar-refractivity contribution is 0.0698. The van der Waals surface area contributed by atoms with Crippen LogP contribution in [0.3, 0.4) is 0 Å². The van der Waals surface area contributed by atoms with Crippen molar-refractivity contribution in [2.45, 2.75) is 13.2 Å². The Morgan fingerprint density at radius 2 is 1.23 bits per heavy atom. The summed E-state index contributed by atoms with van der Waals surface area (Å²) in [5.74, 6) is -1.24. The summed E-state index contributed by atoms with van der Waals surface area (Å²) < 4.78 is 10.3. The van der Waals surface area contributed by atoms with Crippen molar-refractivity contribution in [1.82, 2.24) is 0 Å². The molecule has 0 heterocycles. The summed E-state index contributed by atoms with van der Waals surface area (Å²) in [5, 5.41) is 14.3. The Kier molecular flexibility index (Phi) is 7.21. The lowest BCUT2D eigenvalue weighted by Crippen LogP contribution is -2.17. The Hall–Kier alpha value is -4.33. The molecule has 3 aromatic rings. The van der Waals surface area contributed by atoms with Crippen LogP contribution in [0.15, 0.2) is 78.9 Å². The summed E-state index contributed by atoms with van der Waals surface area (Å²) in [6.45, 7) is 0.107. The van der Waals surface area contributed by atoms with E-state index in [1.165, 1.54) is 18.2 Å². The Labute approximate surface area is 178 Å². The van der Waals surface area contributed by atoms with Gasteiger partial charge in [0, 0.05) is 5.69 Å². The molecule has 0 aliphatic carbocycles. The second-order valence-corrected chi connectivity index (χ2v) is 6.44. The van der Waals surface area contributed by atoms with Gasteiger partial charge in [0.05, 0.1) is 11.3 Å². The van der Waals surface area contributed by atoms with Crippen LogP contribution in [0.5, 0.6) is 0 Å². The molecule has 0 aliphatic rings. The lowest BCUT2D eigenvalue weighted by Gasteiger charge is -2.12. The predicted molar refractivity (Wildman–Crippen MR) is 114 cm³/mol. The number of carboxylic acid groups (broad SMARTS) is 1. The fourth-order valence-electron chi connectivity index (χ4n) is 2.66. The molecule has 0 radical (unpaired) electrons. The van der Waals surface area contributed by atoms with Crippen LogP contribution < -0.4 is 10.6 Å². The average molecular weight is 420 g/mol. The van der Waals surface area contributed by atoms with Gasteiger partial charge in [0.2, 0.25) is 0 Å². The highest BCUT2D eigenvalue weighted by Crippen LogP contribution is 2.22. The first-order valence-electron chi connectivity index (χ1n) is 9.34. The van der Waals surface area contributed by atoms with Crippen LogP contribution >= 0.6 is 0 Å². The molecule has 8 heteroatoms. The van der Waals surface area contributed by atoms with Gasteiger partial charge in [0.15, 0.2) is 0 Å². The van der Waals surface area contributed by atoms with E-state index < -0.39 is 18.2 Å². The quantitative estimate of drug-likeness (QED) is 0.502. The van der Waals surface area contributed by atoms with Gasteiger partial charge in [-0.1, -0.05) is 60.7 Å². The zero-order valence-electron chi connectivity index (χ0n) is 16.4. The molecule has 3 rings (SSSR count). The smallest absolute Gasteiger partial charge is 0.411 e. The van der Waals surface area contributed by atoms with Crippen LogP contribution in [0, 0.1) is 0 Å². The van der Waals surface area contributed by atoms with Crippen molar-refractivity contribution < 1.29 is 29.0 Å². The van der Waals surface area contributed by atoms with Crippen molar-refractivity contribution in [1.29, 1.82) is 0 Å². The van der Waals surface area contributed by atoms with E-state index in [2.05, 4.69) is 10.6 Å². The molecule has 0 saturated carbocycles. The second kappa shape index (κ2) is 10.4. The first-order chi connectivity index (χ1) is 15.0. The minimum atomic E-state index is -1.24. The fourth-order valence-corrected chi connectivity index (χ4v) is 2.66. The number of hydrogen-bond acceptors (Lipinski definition) is 5. The molecule has 0 atom stereocenters. The zero-order valence-corrected chi connectivity index (χ0v) is 16.4. The van der Waals surface area contributed by atoms with Gasteiger partial charge in [-0.25, -0.2) is 14.4 Å². The average Bonchev–Trinajstić information content (AvgIpc) is 2.78. The highest BCUT2D eigenvalue weighted by atomic mass is 16.6. The zero-order chi connectivity index (χ0) is 22.1. The predicted octanol–water partition coefficient (Wildman–Crippen LogP) is 4.88. The number of anilines is 2. The van der Waals surface area contributed by atoms with Crippen LogP contribution in [0.2, 0.25) is 0 Å². The van der Waals surface area contributed by atoms with E-state index in [0.717, 1.165) is 11.1 Å². The molecule has 0 saturated heterocycles. The number of carbonyl (C=O) groups is 3. The minimum Gasteiger partial charge on any atom is -0.478 e. The summed E-state index contributed by atoms with van der Waals surface area (Å²) >= 11 is 0. The highest BCUT2D eigenvalue weighted by Gasteiger charge is 2.15. The van der Waals surface area contributed by atoms with E-state index in [1.807, 2.05) is 48.5 Å². The Bertz CT molecular complexity index is 1050. The largest absolute Gasteiger partial charge is 0.478 e. The van der Waals surface area contributed by atoms with E-state index in [4.69, 9.17) is 9.47 Å². The Morgan fingerprint density at radius 3 is 1.74 bits per heavy atom. The molecule has 8 nitrogen and oxygen atoms in total. The molecule has 0 bridgehead atoms. The second-order valence-electron chi connectivity index (χ2n) is 6.44. The Balaban J connectivity index is 1.62. The normalized spacial score (nSPS) is 10.1. The van der Waals surface area contributed by atoms with E-state index in [1.54, 1.807) is 12.1 Å². The number of hydrogen-bond donors (Lipinski definition) is 3. The maximum Gasteiger partial charge on any atom is 0.411 e. The standard InChI is InChI=1S/C23H20N2O6/c26-21(27)19-12-11-18(24-22(28)30-14-16-7-3-1-4-8-16)13-20(19)25-23(29)31-15-17-9-5-2-6-10-17/h1-13H,14-15H2,(H,24,28)(H,25,29)(H,26,27). The maximum atomic E-state index is 12.1. The van der Waals surface area contributed by atoms with E-state index in [0.29, 0.717) is 0 Å². The van der Waals surface area contributed by atoms with Crippen LogP contribution in [-0.2, 0) is 22.7 Å². The molecule has 3 N–H and O–H groups in total. The molecule has 0 aromatic heterocycles. The maximum absolute atomic E-state index is 12.1. The molecule has 2 amide bonds. The van der Waals surface area contributed by atoms with Crippen molar-refractivity contribution >= 4 is 29.5 Å². The molecule has 0 fully saturated rings. The van der Waals surface area contributed by atoms with Crippen LogP contribution in [0.1, 0.15) is 21.5 Å². The van der Waals surface area contributed by atoms with Crippen LogP contribution in [-0.4, -0.2) is 23.3 Å². The molecular weight excluding hydrogens is 400 g/mol. The van der Waals surface area contributed by atoms with Gasteiger partial charge in [-0.15, -0.1) is 0 Å². The topological polar surface area (TPSA) is 114 Å². The molecule has 31 heavy (non-hydrogen) atoms. The Morgan fingerprint density at radius 1 is 0.710 bits per heavy atom. The number of carboxylic acids is 1. The van der Waals surface area contributed by atoms with E-state index >= 15 is 0 Å². The summed E-state index contributed by atoms with van der Waals surface area (Å²) in [5.41, 5.74) is 1.68. The number of ether oxygens (including phenoxy) is 2. The number of rotatable bonds is 7. The minimum absolute atomic E-state index is 0.0218. The molecule has 0 unspecified atom stereocenters. The van der Waals surface area contributed by atoms with Crippen molar-refractivity contribution in [3.8, 4) is 0 Å². The van der Waals surface area contributed by atoms with E-state index in [9.17, 15) is 19.5 Å². The lowest BCUT2D eigenvalue weighted by atomic mass is 10.1. The first-order valence-corrected chi connectivity index (χ1v) is 9.34. The van der Waals surface area contributed by atoms with Crippen molar-refractivity contribution in [3.63, 3.8) is 0 Å². The SMILES string of the molecule is O=C(Nc1ccc(C(=O)O)c(NC(=O)OCc2ccccc2)c1)OCc1ccccc1. The van der Waals surface area contributed by atoms with Gasteiger partial charge < -0.3 is 14.6 Å². The third-order valence-electron chi connectivity index (χ3n) is 4.16. The van der Waals surface area contributed by atoms with Gasteiger partial charge in [-0.2, -0.15) is 0 Å². The number of carbonyl (C=O) groups excluding carboxylic acids is 2. The fraction of sp³-hybridized carbons (Fsp3) is 0.0870. The van der Waals surface area contributed by atoms with Gasteiger partial charge in [0.1, 0.15) is 13.2 Å². The van der Waals surface area contributed by atoms with Crippen molar-refractivity contribution in [2.24, 2.45) is 0 Å². The molecule has 158 valence electrons. The number of aromatic carboxylic acids is 1. The third-order valence-corrected chi connectivity index (χ3v) is 4.16. The van der Waals surface area contributed by atoms with Crippen LogP contribution in [0.25, 0.3) is 0 Å². The number of benzene rings is 3. The van der Waals surface area contributed by atoms with Gasteiger partial charge >= 0.3 is 18.2 Å². The number of amides is 2.